The Balaban J connectivity index is 2.03. The highest BCUT2D eigenvalue weighted by Crippen LogP contribution is 2.23. The van der Waals surface area contributed by atoms with Crippen molar-refractivity contribution in [1.29, 1.82) is 0 Å². The minimum absolute atomic E-state index is 0.133. The summed E-state index contributed by atoms with van der Waals surface area (Å²) in [5.74, 6) is 0. The quantitative estimate of drug-likeness (QED) is 0.494. The summed E-state index contributed by atoms with van der Waals surface area (Å²) in [6.07, 6.45) is 10.6. The molecule has 1 nitrogen and oxygen atoms in total. The molecule has 1 heteroatoms. The van der Waals surface area contributed by atoms with Crippen molar-refractivity contribution in [3.63, 3.8) is 0 Å². The zero-order valence-electron chi connectivity index (χ0n) is 8.05. The van der Waals surface area contributed by atoms with Gasteiger partial charge in [0.05, 0.1) is 6.10 Å². The molecule has 0 aromatic carbocycles. The van der Waals surface area contributed by atoms with Gasteiger partial charge in [-0.05, 0) is 25.7 Å². The van der Waals surface area contributed by atoms with Crippen LogP contribution in [0.25, 0.3) is 0 Å². The van der Waals surface area contributed by atoms with Gasteiger partial charge in [-0.1, -0.05) is 37.8 Å². The van der Waals surface area contributed by atoms with E-state index >= 15 is 0 Å². The van der Waals surface area contributed by atoms with Crippen LogP contribution in [0.1, 0.15) is 51.9 Å². The van der Waals surface area contributed by atoms with Gasteiger partial charge >= 0.3 is 0 Å². The normalized spacial score (nSPS) is 22.8. The summed E-state index contributed by atoms with van der Waals surface area (Å²) in [6.45, 7) is 2.23. The van der Waals surface area contributed by atoms with Crippen LogP contribution in [0.4, 0.5) is 0 Å². The second-order valence-electron chi connectivity index (χ2n) is 3.74. The molecular weight excluding hydrogens is 148 g/mol. The van der Waals surface area contributed by atoms with E-state index in [9.17, 15) is 5.11 Å². The summed E-state index contributed by atoms with van der Waals surface area (Å²) in [7, 11) is 0. The number of aliphatic hydroxyl groups is 1. The largest absolute Gasteiger partial charge is 0.389 e. The van der Waals surface area contributed by atoms with Crippen LogP contribution < -0.4 is 0 Å². The van der Waals surface area contributed by atoms with E-state index in [0.717, 1.165) is 12.8 Å². The molecule has 0 aromatic heterocycles. The van der Waals surface area contributed by atoms with Gasteiger partial charge in [-0.25, -0.2) is 0 Å². The molecule has 0 bridgehead atoms. The molecular formula is C11H20O. The van der Waals surface area contributed by atoms with E-state index in [2.05, 4.69) is 6.92 Å². The molecule has 0 aromatic rings. The Morgan fingerprint density at radius 2 is 2.25 bits per heavy atom. The van der Waals surface area contributed by atoms with Gasteiger partial charge in [0.25, 0.3) is 0 Å². The number of allylic oxidation sites excluding steroid dienone is 1. The molecule has 1 N–H and O–H groups in total. The van der Waals surface area contributed by atoms with Crippen molar-refractivity contribution in [1.82, 2.24) is 0 Å². The molecule has 12 heavy (non-hydrogen) atoms. The average Bonchev–Trinajstić information content (AvgIpc) is 2.45. The van der Waals surface area contributed by atoms with Crippen molar-refractivity contribution >= 4 is 0 Å². The van der Waals surface area contributed by atoms with E-state index in [-0.39, 0.29) is 6.10 Å². The molecule has 0 saturated carbocycles. The number of hydrogen-bond donors (Lipinski definition) is 1. The molecule has 1 aliphatic rings. The molecule has 0 amide bonds. The van der Waals surface area contributed by atoms with Crippen molar-refractivity contribution in [3.05, 3.63) is 11.6 Å². The first kappa shape index (κ1) is 9.79. The third kappa shape index (κ3) is 3.40. The minimum Gasteiger partial charge on any atom is -0.389 e. The first-order valence-corrected chi connectivity index (χ1v) is 5.20. The third-order valence-corrected chi connectivity index (χ3v) is 2.54. The predicted molar refractivity (Wildman–Crippen MR) is 52.1 cm³/mol. The van der Waals surface area contributed by atoms with Gasteiger partial charge in [0.15, 0.2) is 0 Å². The number of aliphatic hydroxyl groups excluding tert-OH is 1. The lowest BCUT2D eigenvalue weighted by atomic mass is 10.1. The first-order chi connectivity index (χ1) is 5.83. The Hall–Kier alpha value is -0.300. The topological polar surface area (TPSA) is 20.2 Å². The molecule has 0 aliphatic heterocycles. The van der Waals surface area contributed by atoms with E-state index in [0.29, 0.717) is 0 Å². The summed E-state index contributed by atoms with van der Waals surface area (Å²) >= 11 is 0. The Morgan fingerprint density at radius 1 is 1.42 bits per heavy atom. The van der Waals surface area contributed by atoms with Crippen molar-refractivity contribution in [2.24, 2.45) is 0 Å². The fraction of sp³-hybridized carbons (Fsp3) is 0.818. The predicted octanol–water partition coefficient (Wildman–Crippen LogP) is 3.04. The maximum Gasteiger partial charge on any atom is 0.0726 e. The number of unbranched alkanes of at least 4 members (excludes halogenated alkanes) is 3. The van der Waals surface area contributed by atoms with Crippen LogP contribution in [0.5, 0.6) is 0 Å². The fourth-order valence-electron chi connectivity index (χ4n) is 1.76. The van der Waals surface area contributed by atoms with Crippen molar-refractivity contribution < 1.29 is 5.11 Å². The Labute approximate surface area is 75.5 Å². The summed E-state index contributed by atoms with van der Waals surface area (Å²) in [4.78, 5) is 0. The van der Waals surface area contributed by atoms with Gasteiger partial charge in [0.1, 0.15) is 0 Å². The van der Waals surface area contributed by atoms with Gasteiger partial charge < -0.3 is 5.11 Å². The Bertz CT molecular complexity index is 149. The smallest absolute Gasteiger partial charge is 0.0726 e. The molecule has 0 heterocycles. The van der Waals surface area contributed by atoms with Crippen molar-refractivity contribution in [2.75, 3.05) is 0 Å². The zero-order valence-corrected chi connectivity index (χ0v) is 8.05. The van der Waals surface area contributed by atoms with Gasteiger partial charge in [0, 0.05) is 0 Å². The lowest BCUT2D eigenvalue weighted by molar-refractivity contribution is 0.223. The number of rotatable bonds is 5. The minimum atomic E-state index is -0.133. The summed E-state index contributed by atoms with van der Waals surface area (Å²) < 4.78 is 0. The molecule has 1 atom stereocenters. The highest BCUT2D eigenvalue weighted by atomic mass is 16.3. The van der Waals surface area contributed by atoms with Crippen LogP contribution in [0.15, 0.2) is 11.6 Å². The third-order valence-electron chi connectivity index (χ3n) is 2.54. The van der Waals surface area contributed by atoms with E-state index in [1.54, 1.807) is 0 Å². The van der Waals surface area contributed by atoms with Gasteiger partial charge in [-0.3, -0.25) is 0 Å². The van der Waals surface area contributed by atoms with Gasteiger partial charge in [-0.15, -0.1) is 0 Å². The average molecular weight is 168 g/mol. The molecule has 1 unspecified atom stereocenters. The molecule has 0 fully saturated rings. The Morgan fingerprint density at radius 3 is 2.83 bits per heavy atom. The highest BCUT2D eigenvalue weighted by molar-refractivity contribution is 5.11. The molecule has 1 rings (SSSR count). The molecule has 1 aliphatic carbocycles. The number of hydrogen-bond acceptors (Lipinski definition) is 1. The molecule has 0 saturated heterocycles. The van der Waals surface area contributed by atoms with E-state index in [1.165, 1.54) is 37.7 Å². The van der Waals surface area contributed by atoms with Crippen LogP contribution in [0, 0.1) is 0 Å². The van der Waals surface area contributed by atoms with Crippen LogP contribution in [0.2, 0.25) is 0 Å². The van der Waals surface area contributed by atoms with Crippen molar-refractivity contribution in [3.8, 4) is 0 Å². The summed E-state index contributed by atoms with van der Waals surface area (Å²) in [5, 5.41) is 9.23. The van der Waals surface area contributed by atoms with E-state index < -0.39 is 0 Å². The van der Waals surface area contributed by atoms with Gasteiger partial charge in [0.2, 0.25) is 0 Å². The second kappa shape index (κ2) is 5.36. The first-order valence-electron chi connectivity index (χ1n) is 5.20. The van der Waals surface area contributed by atoms with Gasteiger partial charge in [-0.2, -0.15) is 0 Å². The fourth-order valence-corrected chi connectivity index (χ4v) is 1.76. The van der Waals surface area contributed by atoms with Crippen LogP contribution in [-0.2, 0) is 0 Å². The summed E-state index contributed by atoms with van der Waals surface area (Å²) in [6, 6.07) is 0. The summed E-state index contributed by atoms with van der Waals surface area (Å²) in [5.41, 5.74) is 1.48. The molecule has 0 spiro atoms. The highest BCUT2D eigenvalue weighted by Gasteiger charge is 2.11. The van der Waals surface area contributed by atoms with Crippen LogP contribution in [-0.4, -0.2) is 11.2 Å². The monoisotopic (exact) mass is 168 g/mol. The second-order valence-corrected chi connectivity index (χ2v) is 3.74. The van der Waals surface area contributed by atoms with E-state index in [1.807, 2.05) is 6.08 Å². The lowest BCUT2D eigenvalue weighted by Gasteiger charge is -1.99. The lowest BCUT2D eigenvalue weighted by Crippen LogP contribution is -1.93. The van der Waals surface area contributed by atoms with Crippen LogP contribution in [0.3, 0.4) is 0 Å². The van der Waals surface area contributed by atoms with Crippen molar-refractivity contribution in [2.45, 2.75) is 58.0 Å². The maximum absolute atomic E-state index is 9.23. The SMILES string of the molecule is CCCCCCC1=CC(O)CC1. The maximum atomic E-state index is 9.23. The molecule has 70 valence electrons. The zero-order chi connectivity index (χ0) is 8.81. The standard InChI is InChI=1S/C11H20O/c1-2-3-4-5-6-10-7-8-11(12)9-10/h9,11-12H,2-8H2,1H3. The molecule has 0 radical (unpaired) electrons. The van der Waals surface area contributed by atoms with Crippen LogP contribution >= 0.6 is 0 Å². The Kier molecular flexibility index (Phi) is 4.37. The van der Waals surface area contributed by atoms with E-state index in [4.69, 9.17) is 0 Å².